The van der Waals surface area contributed by atoms with Crippen LogP contribution in [0.2, 0.25) is 0 Å². The molecule has 1 aromatic rings. The van der Waals surface area contributed by atoms with Crippen molar-refractivity contribution in [2.75, 3.05) is 0 Å². The van der Waals surface area contributed by atoms with Gasteiger partial charge < -0.3 is 0 Å². The topological polar surface area (TPSA) is 0 Å². The fourth-order valence-corrected chi connectivity index (χ4v) is 1.70. The summed E-state index contributed by atoms with van der Waals surface area (Å²) in [4.78, 5) is 0. The second-order valence-corrected chi connectivity index (χ2v) is 3.67. The van der Waals surface area contributed by atoms with Crippen LogP contribution < -0.4 is 0 Å². The van der Waals surface area contributed by atoms with Crippen LogP contribution in [0.25, 0.3) is 0 Å². The molecule has 0 N–H and O–H groups in total. The van der Waals surface area contributed by atoms with Gasteiger partial charge in [-0.2, -0.15) is 0 Å². The summed E-state index contributed by atoms with van der Waals surface area (Å²) in [5, 5.41) is 0. The SMILES string of the molecule is FC1(Cc2ccccc2)CCC1. The Balaban J connectivity index is 2.04. The lowest BCUT2D eigenvalue weighted by molar-refractivity contribution is 0.0641. The van der Waals surface area contributed by atoms with Gasteiger partial charge in [0.05, 0.1) is 0 Å². The molecule has 0 atom stereocenters. The van der Waals surface area contributed by atoms with E-state index in [9.17, 15) is 4.39 Å². The molecule has 0 saturated heterocycles. The van der Waals surface area contributed by atoms with E-state index in [0.717, 1.165) is 24.8 Å². The van der Waals surface area contributed by atoms with Gasteiger partial charge in [-0.15, -0.1) is 0 Å². The molecule has 1 heteroatoms. The van der Waals surface area contributed by atoms with Crippen LogP contribution in [0.3, 0.4) is 0 Å². The molecule has 0 spiro atoms. The Kier molecular flexibility index (Phi) is 1.87. The maximum Gasteiger partial charge on any atom is 0.115 e. The highest BCUT2D eigenvalue weighted by atomic mass is 19.1. The molecule has 0 radical (unpaired) electrons. The zero-order valence-corrected chi connectivity index (χ0v) is 7.09. The van der Waals surface area contributed by atoms with Crippen molar-refractivity contribution < 1.29 is 4.39 Å². The van der Waals surface area contributed by atoms with Crippen molar-refractivity contribution in [3.8, 4) is 0 Å². The molecule has 0 amide bonds. The third kappa shape index (κ3) is 1.50. The lowest BCUT2D eigenvalue weighted by Gasteiger charge is -2.33. The monoisotopic (exact) mass is 164 g/mol. The summed E-state index contributed by atoms with van der Waals surface area (Å²) >= 11 is 0. The molecule has 2 rings (SSSR count). The number of hydrogen-bond donors (Lipinski definition) is 0. The van der Waals surface area contributed by atoms with E-state index in [1.165, 1.54) is 0 Å². The zero-order chi connectivity index (χ0) is 8.44. The van der Waals surface area contributed by atoms with Crippen LogP contribution >= 0.6 is 0 Å². The summed E-state index contributed by atoms with van der Waals surface area (Å²) in [6, 6.07) is 9.91. The molecule has 12 heavy (non-hydrogen) atoms. The molecule has 0 aromatic heterocycles. The predicted octanol–water partition coefficient (Wildman–Crippen LogP) is 3.12. The molecule has 0 bridgehead atoms. The summed E-state index contributed by atoms with van der Waals surface area (Å²) < 4.78 is 13.6. The first-order valence-corrected chi connectivity index (χ1v) is 4.51. The van der Waals surface area contributed by atoms with Gasteiger partial charge in [-0.25, -0.2) is 4.39 Å². The highest BCUT2D eigenvalue weighted by molar-refractivity contribution is 5.18. The van der Waals surface area contributed by atoms with Crippen LogP contribution in [-0.2, 0) is 6.42 Å². The lowest BCUT2D eigenvalue weighted by atomic mass is 9.78. The number of alkyl halides is 1. The summed E-state index contributed by atoms with van der Waals surface area (Å²) in [6.07, 6.45) is 3.17. The van der Waals surface area contributed by atoms with Crippen molar-refractivity contribution in [3.63, 3.8) is 0 Å². The smallest absolute Gasteiger partial charge is 0.115 e. The van der Waals surface area contributed by atoms with E-state index in [1.54, 1.807) is 0 Å². The second kappa shape index (κ2) is 2.89. The molecule has 1 aromatic carbocycles. The van der Waals surface area contributed by atoms with Crippen molar-refractivity contribution in [3.05, 3.63) is 35.9 Å². The molecule has 1 aliphatic rings. The Hall–Kier alpha value is -0.850. The van der Waals surface area contributed by atoms with Crippen LogP contribution in [0.1, 0.15) is 24.8 Å². The summed E-state index contributed by atoms with van der Waals surface area (Å²) in [7, 11) is 0. The number of hydrogen-bond acceptors (Lipinski definition) is 0. The summed E-state index contributed by atoms with van der Waals surface area (Å²) in [6.45, 7) is 0. The van der Waals surface area contributed by atoms with Crippen molar-refractivity contribution in [1.82, 2.24) is 0 Å². The van der Waals surface area contributed by atoms with E-state index in [1.807, 2.05) is 30.3 Å². The first-order valence-electron chi connectivity index (χ1n) is 4.51. The van der Waals surface area contributed by atoms with Gasteiger partial charge in [0, 0.05) is 6.42 Å². The van der Waals surface area contributed by atoms with Gasteiger partial charge in [0.1, 0.15) is 5.67 Å². The Morgan fingerprint density at radius 3 is 2.33 bits per heavy atom. The standard InChI is InChI=1S/C11H13F/c12-11(7-4-8-11)9-10-5-2-1-3-6-10/h1-3,5-6H,4,7-9H2. The quantitative estimate of drug-likeness (QED) is 0.630. The van der Waals surface area contributed by atoms with Gasteiger partial charge >= 0.3 is 0 Å². The predicted molar refractivity (Wildman–Crippen MR) is 47.8 cm³/mol. The van der Waals surface area contributed by atoms with Crippen LogP contribution in [0.15, 0.2) is 30.3 Å². The van der Waals surface area contributed by atoms with E-state index in [0.29, 0.717) is 6.42 Å². The molecule has 1 saturated carbocycles. The molecule has 64 valence electrons. The highest BCUT2D eigenvalue weighted by Crippen LogP contribution is 2.38. The molecule has 1 fully saturated rings. The van der Waals surface area contributed by atoms with E-state index < -0.39 is 5.67 Å². The second-order valence-electron chi connectivity index (χ2n) is 3.67. The van der Waals surface area contributed by atoms with Crippen LogP contribution in [-0.4, -0.2) is 5.67 Å². The maximum absolute atomic E-state index is 13.6. The number of halogens is 1. The van der Waals surface area contributed by atoms with Crippen molar-refractivity contribution >= 4 is 0 Å². The van der Waals surface area contributed by atoms with Crippen LogP contribution in [0.5, 0.6) is 0 Å². The lowest BCUT2D eigenvalue weighted by Crippen LogP contribution is -2.33. The van der Waals surface area contributed by atoms with Crippen LogP contribution in [0, 0.1) is 0 Å². The first kappa shape index (κ1) is 7.78. The third-order valence-electron chi connectivity index (χ3n) is 2.61. The van der Waals surface area contributed by atoms with Gasteiger partial charge in [0.25, 0.3) is 0 Å². The molecule has 0 aliphatic heterocycles. The van der Waals surface area contributed by atoms with E-state index in [2.05, 4.69) is 0 Å². The summed E-state index contributed by atoms with van der Waals surface area (Å²) in [5.41, 5.74) is 0.251. The Labute approximate surface area is 72.4 Å². The van der Waals surface area contributed by atoms with E-state index >= 15 is 0 Å². The minimum absolute atomic E-state index is 0.605. The first-order chi connectivity index (χ1) is 5.79. The van der Waals surface area contributed by atoms with Gasteiger partial charge in [0.2, 0.25) is 0 Å². The van der Waals surface area contributed by atoms with Gasteiger partial charge in [-0.1, -0.05) is 30.3 Å². The molecule has 0 nitrogen and oxygen atoms in total. The Bertz CT molecular complexity index is 249. The minimum atomic E-state index is -0.874. The van der Waals surface area contributed by atoms with Crippen molar-refractivity contribution in [1.29, 1.82) is 0 Å². The molecular weight excluding hydrogens is 151 g/mol. The number of benzene rings is 1. The third-order valence-corrected chi connectivity index (χ3v) is 2.61. The average molecular weight is 164 g/mol. The molecular formula is C11H13F. The van der Waals surface area contributed by atoms with Gasteiger partial charge in [0.15, 0.2) is 0 Å². The normalized spacial score (nSPS) is 20.1. The molecule has 0 unspecified atom stereocenters. The van der Waals surface area contributed by atoms with Gasteiger partial charge in [-0.3, -0.25) is 0 Å². The zero-order valence-electron chi connectivity index (χ0n) is 7.09. The summed E-state index contributed by atoms with van der Waals surface area (Å²) in [5.74, 6) is 0. The Morgan fingerprint density at radius 1 is 1.17 bits per heavy atom. The molecule has 0 heterocycles. The van der Waals surface area contributed by atoms with Crippen molar-refractivity contribution in [2.24, 2.45) is 0 Å². The van der Waals surface area contributed by atoms with Gasteiger partial charge in [-0.05, 0) is 24.8 Å². The van der Waals surface area contributed by atoms with Crippen LogP contribution in [0.4, 0.5) is 4.39 Å². The fourth-order valence-electron chi connectivity index (χ4n) is 1.70. The van der Waals surface area contributed by atoms with E-state index in [4.69, 9.17) is 0 Å². The Morgan fingerprint density at radius 2 is 1.83 bits per heavy atom. The largest absolute Gasteiger partial charge is 0.244 e. The molecule has 1 aliphatic carbocycles. The number of rotatable bonds is 2. The highest BCUT2D eigenvalue weighted by Gasteiger charge is 2.36. The maximum atomic E-state index is 13.6. The van der Waals surface area contributed by atoms with Crippen molar-refractivity contribution in [2.45, 2.75) is 31.4 Å². The van der Waals surface area contributed by atoms with E-state index in [-0.39, 0.29) is 0 Å². The fraction of sp³-hybridized carbons (Fsp3) is 0.455. The average Bonchev–Trinajstić information content (AvgIpc) is 2.04. The minimum Gasteiger partial charge on any atom is -0.244 e.